The molecule has 0 aromatic heterocycles. The second-order valence-electron chi connectivity index (χ2n) is 4.36. The molecule has 0 fully saturated rings. The van der Waals surface area contributed by atoms with Crippen LogP contribution in [0.2, 0.25) is 0 Å². The molecular formula is C13H20N2O2. The molecule has 1 aromatic carbocycles. The number of nitro groups is 1. The third-order valence-corrected chi connectivity index (χ3v) is 3.37. The zero-order valence-corrected chi connectivity index (χ0v) is 10.9. The van der Waals surface area contributed by atoms with E-state index in [9.17, 15) is 10.1 Å². The Morgan fingerprint density at radius 1 is 1.47 bits per heavy atom. The van der Waals surface area contributed by atoms with Gasteiger partial charge < -0.3 is 5.32 Å². The molecule has 1 aromatic rings. The predicted octanol–water partition coefficient (Wildman–Crippen LogP) is 3.00. The van der Waals surface area contributed by atoms with Crippen molar-refractivity contribution in [3.05, 3.63) is 39.4 Å². The first kappa shape index (κ1) is 13.6. The maximum atomic E-state index is 11.1. The molecule has 94 valence electrons. The molecule has 0 spiro atoms. The number of rotatable bonds is 5. The van der Waals surface area contributed by atoms with Crippen LogP contribution in [0.4, 0.5) is 5.69 Å². The zero-order chi connectivity index (χ0) is 13.0. The van der Waals surface area contributed by atoms with Crippen molar-refractivity contribution in [1.29, 1.82) is 0 Å². The Hall–Kier alpha value is -1.42. The van der Waals surface area contributed by atoms with Crippen molar-refractivity contribution in [3.63, 3.8) is 0 Å². The van der Waals surface area contributed by atoms with Crippen LogP contribution >= 0.6 is 0 Å². The lowest BCUT2D eigenvalue weighted by molar-refractivity contribution is -0.385. The minimum absolute atomic E-state index is 0.168. The lowest BCUT2D eigenvalue weighted by atomic mass is 9.86. The number of benzene rings is 1. The van der Waals surface area contributed by atoms with Gasteiger partial charge in [0, 0.05) is 23.6 Å². The van der Waals surface area contributed by atoms with Crippen LogP contribution in [0.1, 0.15) is 37.3 Å². The molecule has 0 aliphatic heterocycles. The summed E-state index contributed by atoms with van der Waals surface area (Å²) in [7, 11) is 1.89. The van der Waals surface area contributed by atoms with Crippen molar-refractivity contribution in [2.24, 2.45) is 0 Å². The maximum absolute atomic E-state index is 11.1. The number of aryl methyl sites for hydroxylation is 1. The molecule has 0 bridgehead atoms. The van der Waals surface area contributed by atoms with Crippen LogP contribution in [0.3, 0.4) is 0 Å². The normalized spacial score (nSPS) is 14.4. The highest BCUT2D eigenvalue weighted by Crippen LogP contribution is 2.33. The fraction of sp³-hybridized carbons (Fsp3) is 0.538. The average Bonchev–Trinajstić information content (AvgIpc) is 2.31. The number of hydrogen-bond acceptors (Lipinski definition) is 3. The molecule has 0 aliphatic rings. The van der Waals surface area contributed by atoms with Gasteiger partial charge in [-0.05, 0) is 32.9 Å². The van der Waals surface area contributed by atoms with E-state index in [2.05, 4.69) is 19.2 Å². The first-order valence-corrected chi connectivity index (χ1v) is 5.94. The van der Waals surface area contributed by atoms with Gasteiger partial charge in [-0.15, -0.1) is 0 Å². The maximum Gasteiger partial charge on any atom is 0.273 e. The highest BCUT2D eigenvalue weighted by atomic mass is 16.6. The quantitative estimate of drug-likeness (QED) is 0.631. The van der Waals surface area contributed by atoms with E-state index < -0.39 is 0 Å². The Kier molecular flexibility index (Phi) is 4.63. The van der Waals surface area contributed by atoms with Gasteiger partial charge in [0.1, 0.15) is 0 Å². The standard InChI is InChI=1S/C13H20N2O2/c1-5-11(10(3)14-4)13-9(2)7-6-8-12(13)15(16)17/h6-8,10-11,14H,5H2,1-4H3. The van der Waals surface area contributed by atoms with Gasteiger partial charge in [-0.25, -0.2) is 0 Å². The van der Waals surface area contributed by atoms with E-state index in [1.807, 2.05) is 20.0 Å². The number of nitrogens with zero attached hydrogens (tertiary/aromatic N) is 1. The summed E-state index contributed by atoms with van der Waals surface area (Å²) in [6, 6.07) is 5.49. The Morgan fingerprint density at radius 2 is 2.12 bits per heavy atom. The molecule has 0 heterocycles. The fourth-order valence-electron chi connectivity index (χ4n) is 2.32. The largest absolute Gasteiger partial charge is 0.317 e. The van der Waals surface area contributed by atoms with Gasteiger partial charge in [-0.3, -0.25) is 10.1 Å². The van der Waals surface area contributed by atoms with Gasteiger partial charge in [-0.1, -0.05) is 19.1 Å². The molecule has 1 N–H and O–H groups in total. The van der Waals surface area contributed by atoms with Crippen LogP contribution in [0.5, 0.6) is 0 Å². The highest BCUT2D eigenvalue weighted by Gasteiger charge is 2.26. The number of likely N-dealkylation sites (N-methyl/N-ethyl adjacent to an activating group) is 1. The summed E-state index contributed by atoms with van der Waals surface area (Å²) >= 11 is 0. The molecule has 0 saturated heterocycles. The minimum atomic E-state index is -0.284. The van der Waals surface area contributed by atoms with E-state index >= 15 is 0 Å². The molecule has 17 heavy (non-hydrogen) atoms. The summed E-state index contributed by atoms with van der Waals surface area (Å²) < 4.78 is 0. The minimum Gasteiger partial charge on any atom is -0.317 e. The summed E-state index contributed by atoms with van der Waals surface area (Å²) in [4.78, 5) is 10.8. The van der Waals surface area contributed by atoms with Gasteiger partial charge in [-0.2, -0.15) is 0 Å². The van der Waals surface area contributed by atoms with Gasteiger partial charge >= 0.3 is 0 Å². The van der Waals surface area contributed by atoms with Gasteiger partial charge in [0.25, 0.3) is 5.69 Å². The molecule has 1 rings (SSSR count). The second kappa shape index (κ2) is 5.77. The molecule has 4 heteroatoms. The van der Waals surface area contributed by atoms with E-state index in [4.69, 9.17) is 0 Å². The van der Waals surface area contributed by atoms with E-state index in [1.54, 1.807) is 12.1 Å². The summed E-state index contributed by atoms with van der Waals surface area (Å²) in [5.74, 6) is 0.168. The molecule has 4 nitrogen and oxygen atoms in total. The van der Waals surface area contributed by atoms with Crippen molar-refractivity contribution in [3.8, 4) is 0 Å². The highest BCUT2D eigenvalue weighted by molar-refractivity contribution is 5.48. The first-order valence-electron chi connectivity index (χ1n) is 5.94. The molecule has 2 atom stereocenters. The third kappa shape index (κ3) is 2.82. The van der Waals surface area contributed by atoms with Crippen LogP contribution in [0, 0.1) is 17.0 Å². The summed E-state index contributed by atoms with van der Waals surface area (Å²) in [6.45, 7) is 6.06. The van der Waals surface area contributed by atoms with Crippen LogP contribution in [0.25, 0.3) is 0 Å². The molecule has 0 radical (unpaired) electrons. The van der Waals surface area contributed by atoms with Crippen molar-refractivity contribution >= 4 is 5.69 Å². The number of nitro benzene ring substituents is 1. The van der Waals surface area contributed by atoms with Crippen LogP contribution < -0.4 is 5.32 Å². The lowest BCUT2D eigenvalue weighted by Crippen LogP contribution is -2.29. The molecule has 0 amide bonds. The Bertz CT molecular complexity index is 404. The summed E-state index contributed by atoms with van der Waals surface area (Å²) in [6.07, 6.45) is 0.883. The van der Waals surface area contributed by atoms with E-state index in [0.29, 0.717) is 0 Å². The molecule has 0 saturated carbocycles. The van der Waals surface area contributed by atoms with Crippen molar-refractivity contribution in [2.75, 3.05) is 7.05 Å². The smallest absolute Gasteiger partial charge is 0.273 e. The van der Waals surface area contributed by atoms with Crippen molar-refractivity contribution in [2.45, 2.75) is 39.2 Å². The zero-order valence-electron chi connectivity index (χ0n) is 10.9. The van der Waals surface area contributed by atoms with E-state index in [0.717, 1.165) is 17.5 Å². The fourth-order valence-corrected chi connectivity index (χ4v) is 2.32. The summed E-state index contributed by atoms with van der Waals surface area (Å²) in [5, 5.41) is 14.3. The van der Waals surface area contributed by atoms with E-state index in [1.165, 1.54) is 0 Å². The third-order valence-electron chi connectivity index (χ3n) is 3.37. The van der Waals surface area contributed by atoms with Crippen LogP contribution in [-0.2, 0) is 0 Å². The topological polar surface area (TPSA) is 55.2 Å². The summed E-state index contributed by atoms with van der Waals surface area (Å²) in [5.41, 5.74) is 2.09. The second-order valence-corrected chi connectivity index (χ2v) is 4.36. The van der Waals surface area contributed by atoms with E-state index in [-0.39, 0.29) is 22.6 Å². The van der Waals surface area contributed by atoms with Crippen molar-refractivity contribution < 1.29 is 4.92 Å². The SMILES string of the molecule is CCC(c1c(C)cccc1[N+](=O)[O-])C(C)NC. The number of hydrogen-bond donors (Lipinski definition) is 1. The molecular weight excluding hydrogens is 216 g/mol. The first-order chi connectivity index (χ1) is 8.02. The Balaban J connectivity index is 3.31. The molecule has 2 unspecified atom stereocenters. The van der Waals surface area contributed by atoms with Gasteiger partial charge in [0.05, 0.1) is 4.92 Å². The van der Waals surface area contributed by atoms with Gasteiger partial charge in [0.2, 0.25) is 0 Å². The molecule has 0 aliphatic carbocycles. The monoisotopic (exact) mass is 236 g/mol. The van der Waals surface area contributed by atoms with Crippen LogP contribution in [0.15, 0.2) is 18.2 Å². The Labute approximate surface area is 102 Å². The predicted molar refractivity (Wildman–Crippen MR) is 69.4 cm³/mol. The average molecular weight is 236 g/mol. The lowest BCUT2D eigenvalue weighted by Gasteiger charge is -2.24. The van der Waals surface area contributed by atoms with Crippen molar-refractivity contribution in [1.82, 2.24) is 5.32 Å². The van der Waals surface area contributed by atoms with Crippen LogP contribution in [-0.4, -0.2) is 18.0 Å². The number of nitrogens with one attached hydrogen (secondary N) is 1. The van der Waals surface area contributed by atoms with Gasteiger partial charge in [0.15, 0.2) is 0 Å². The Morgan fingerprint density at radius 3 is 2.59 bits per heavy atom.